The van der Waals surface area contributed by atoms with E-state index in [0.717, 1.165) is 12.8 Å². The summed E-state index contributed by atoms with van der Waals surface area (Å²) in [6.07, 6.45) is 23.2. The van der Waals surface area contributed by atoms with Crippen molar-refractivity contribution in [3.8, 4) is 0 Å². The minimum atomic E-state index is -4.20. The molecule has 0 heterocycles. The number of rotatable bonds is 20. The molecular weight excluding hydrogens is 425 g/mol. The van der Waals surface area contributed by atoms with E-state index in [9.17, 15) is 17.8 Å². The van der Waals surface area contributed by atoms with Crippen molar-refractivity contribution in [3.63, 3.8) is 0 Å². The summed E-state index contributed by atoms with van der Waals surface area (Å²) in [5, 5.41) is 0. The normalized spacial score (nSPS) is 11.6. The van der Waals surface area contributed by atoms with Crippen LogP contribution in [0.1, 0.15) is 110 Å². The van der Waals surface area contributed by atoms with Gasteiger partial charge in [-0.05, 0) is 25.3 Å². The van der Waals surface area contributed by atoms with E-state index in [2.05, 4.69) is 6.92 Å². The molecule has 0 bridgehead atoms. The first-order valence-electron chi connectivity index (χ1n) is 11.7. The maximum atomic E-state index is 11.9. The zero-order chi connectivity index (χ0) is 21.8. The molecular formula is C23H44KNO4S. The van der Waals surface area contributed by atoms with E-state index in [0.29, 0.717) is 0 Å². The van der Waals surface area contributed by atoms with Gasteiger partial charge in [-0.25, -0.2) is 8.42 Å². The Bertz CT molecular complexity index is 523. The number of likely N-dealkylation sites (N-methyl/N-ethyl adjacent to an activating group) is 1. The summed E-state index contributed by atoms with van der Waals surface area (Å²) in [4.78, 5) is 13.3. The third-order valence-corrected chi connectivity index (χ3v) is 6.04. The van der Waals surface area contributed by atoms with Crippen molar-refractivity contribution in [2.75, 3.05) is 19.3 Å². The minimum Gasteiger partial charge on any atom is -0.748 e. The molecule has 0 atom stereocenters. The molecule has 0 saturated heterocycles. The first-order chi connectivity index (χ1) is 13.9. The van der Waals surface area contributed by atoms with Crippen molar-refractivity contribution in [2.45, 2.75) is 110 Å². The SMILES string of the molecule is CCCCCCCCCCCCCCCC/C=C/C(=O)N(C)CCCS(=O)(=O)[O-].[K+]. The van der Waals surface area contributed by atoms with Crippen LogP contribution in [-0.4, -0.2) is 43.1 Å². The third kappa shape index (κ3) is 25.0. The topological polar surface area (TPSA) is 77.5 Å². The van der Waals surface area contributed by atoms with Crippen molar-refractivity contribution in [1.29, 1.82) is 0 Å². The van der Waals surface area contributed by atoms with E-state index < -0.39 is 15.9 Å². The first kappa shape index (κ1) is 32.9. The molecule has 5 nitrogen and oxygen atoms in total. The molecule has 0 aliphatic heterocycles. The quantitative estimate of drug-likeness (QED) is 0.119. The van der Waals surface area contributed by atoms with Crippen LogP contribution in [0.5, 0.6) is 0 Å². The molecule has 7 heteroatoms. The fourth-order valence-electron chi connectivity index (χ4n) is 3.36. The molecule has 0 aliphatic carbocycles. The van der Waals surface area contributed by atoms with Crippen molar-refractivity contribution in [3.05, 3.63) is 12.2 Å². The summed E-state index contributed by atoms with van der Waals surface area (Å²) >= 11 is 0. The van der Waals surface area contributed by atoms with Crippen LogP contribution in [0.3, 0.4) is 0 Å². The fraction of sp³-hybridized carbons (Fsp3) is 0.870. The van der Waals surface area contributed by atoms with Crippen LogP contribution < -0.4 is 51.4 Å². The van der Waals surface area contributed by atoms with E-state index in [1.54, 1.807) is 13.1 Å². The smallest absolute Gasteiger partial charge is 0.748 e. The van der Waals surface area contributed by atoms with Crippen LogP contribution in [0.2, 0.25) is 0 Å². The number of hydrogen-bond donors (Lipinski definition) is 0. The van der Waals surface area contributed by atoms with Gasteiger partial charge < -0.3 is 9.45 Å². The summed E-state index contributed by atoms with van der Waals surface area (Å²) in [7, 11) is -2.57. The second-order valence-electron chi connectivity index (χ2n) is 8.16. The van der Waals surface area contributed by atoms with Crippen molar-refractivity contribution in [1.82, 2.24) is 4.90 Å². The average molecular weight is 470 g/mol. The molecule has 0 spiro atoms. The molecule has 0 aromatic carbocycles. The van der Waals surface area contributed by atoms with Gasteiger partial charge in [0.1, 0.15) is 0 Å². The summed E-state index contributed by atoms with van der Waals surface area (Å²) in [6.45, 7) is 2.54. The number of carbonyl (C=O) groups excluding carboxylic acids is 1. The molecule has 0 N–H and O–H groups in total. The van der Waals surface area contributed by atoms with Crippen LogP contribution in [0.25, 0.3) is 0 Å². The zero-order valence-electron chi connectivity index (χ0n) is 19.9. The molecule has 0 saturated carbocycles. The molecule has 0 radical (unpaired) electrons. The number of amides is 1. The predicted octanol–water partition coefficient (Wildman–Crippen LogP) is 2.81. The number of unbranched alkanes of at least 4 members (excludes halogenated alkanes) is 14. The minimum absolute atomic E-state index is 0. The zero-order valence-corrected chi connectivity index (χ0v) is 23.8. The second-order valence-corrected chi connectivity index (χ2v) is 9.69. The van der Waals surface area contributed by atoms with Gasteiger partial charge in [-0.1, -0.05) is 96.5 Å². The van der Waals surface area contributed by atoms with Crippen LogP contribution in [0.15, 0.2) is 12.2 Å². The third-order valence-electron chi connectivity index (χ3n) is 5.25. The van der Waals surface area contributed by atoms with Gasteiger partial charge in [-0.15, -0.1) is 0 Å². The van der Waals surface area contributed by atoms with Gasteiger partial charge in [0.25, 0.3) is 0 Å². The van der Waals surface area contributed by atoms with Gasteiger partial charge in [0.15, 0.2) is 0 Å². The number of hydrogen-bond acceptors (Lipinski definition) is 4. The molecule has 1 amide bonds. The Morgan fingerprint density at radius 3 is 1.67 bits per heavy atom. The summed E-state index contributed by atoms with van der Waals surface area (Å²) in [5.74, 6) is -0.563. The molecule has 0 aromatic heterocycles. The Morgan fingerprint density at radius 1 is 0.800 bits per heavy atom. The van der Waals surface area contributed by atoms with Gasteiger partial charge in [0, 0.05) is 19.3 Å². The summed E-state index contributed by atoms with van der Waals surface area (Å²) in [5.41, 5.74) is 0. The largest absolute Gasteiger partial charge is 1.00 e. The summed E-state index contributed by atoms with van der Waals surface area (Å²) < 4.78 is 31.6. The molecule has 0 rings (SSSR count). The standard InChI is InChI=1S/C23H45NO4S.K/c1-3-4-5-6-7-8-9-10-11-12-13-14-15-16-17-18-20-23(25)24(2)21-19-22-29(26,27)28;/h18,20H,3-17,19,21-22H2,1-2H3,(H,26,27,28);/q;+1/p-1/b20-18+;. The maximum Gasteiger partial charge on any atom is 1.00 e. The Hall–Kier alpha value is 0.756. The van der Waals surface area contributed by atoms with Gasteiger partial charge >= 0.3 is 51.4 Å². The molecule has 0 aromatic rings. The van der Waals surface area contributed by atoms with E-state index in [-0.39, 0.29) is 70.3 Å². The van der Waals surface area contributed by atoms with E-state index >= 15 is 0 Å². The fourth-order valence-corrected chi connectivity index (χ4v) is 3.84. The first-order valence-corrected chi connectivity index (χ1v) is 13.3. The molecule has 0 aliphatic rings. The number of carbonyl (C=O) groups is 1. The van der Waals surface area contributed by atoms with Gasteiger partial charge in [0.05, 0.1) is 10.1 Å². The second kappa shape index (κ2) is 22.9. The Morgan fingerprint density at radius 2 is 1.23 bits per heavy atom. The van der Waals surface area contributed by atoms with Gasteiger partial charge in [-0.3, -0.25) is 4.79 Å². The van der Waals surface area contributed by atoms with E-state index in [1.807, 2.05) is 6.08 Å². The average Bonchev–Trinajstić information content (AvgIpc) is 2.66. The molecule has 0 unspecified atom stereocenters. The maximum absolute atomic E-state index is 11.9. The van der Waals surface area contributed by atoms with E-state index in [1.165, 1.54) is 88.4 Å². The van der Waals surface area contributed by atoms with Crippen LogP contribution in [0, 0.1) is 0 Å². The number of nitrogens with zero attached hydrogens (tertiary/aromatic N) is 1. The van der Waals surface area contributed by atoms with E-state index in [4.69, 9.17) is 0 Å². The van der Waals surface area contributed by atoms with Crippen molar-refractivity contribution < 1.29 is 69.1 Å². The number of allylic oxidation sites excluding steroid dienone is 1. The Labute approximate surface area is 229 Å². The van der Waals surface area contributed by atoms with Crippen LogP contribution in [0.4, 0.5) is 0 Å². The van der Waals surface area contributed by atoms with Gasteiger partial charge in [-0.2, -0.15) is 0 Å². The van der Waals surface area contributed by atoms with Crippen molar-refractivity contribution in [2.24, 2.45) is 0 Å². The van der Waals surface area contributed by atoms with Crippen LogP contribution in [-0.2, 0) is 14.9 Å². The van der Waals surface area contributed by atoms with Gasteiger partial charge in [0.2, 0.25) is 5.91 Å². The van der Waals surface area contributed by atoms with Crippen molar-refractivity contribution >= 4 is 16.0 Å². The monoisotopic (exact) mass is 469 g/mol. The molecule has 172 valence electrons. The molecule has 30 heavy (non-hydrogen) atoms. The Kier molecular flexibility index (Phi) is 25.2. The Balaban J connectivity index is 0. The predicted molar refractivity (Wildman–Crippen MR) is 121 cm³/mol. The van der Waals surface area contributed by atoms with Crippen LogP contribution >= 0.6 is 0 Å². The summed E-state index contributed by atoms with van der Waals surface area (Å²) in [6, 6.07) is 0. The molecule has 0 fully saturated rings.